The van der Waals surface area contributed by atoms with Crippen LogP contribution < -0.4 is 4.74 Å². The van der Waals surface area contributed by atoms with E-state index in [1.165, 1.54) is 6.20 Å². The predicted octanol–water partition coefficient (Wildman–Crippen LogP) is 1.75. The molecule has 0 fully saturated rings. The van der Waals surface area contributed by atoms with Gasteiger partial charge in [-0.25, -0.2) is 4.98 Å². The Kier molecular flexibility index (Phi) is 3.84. The zero-order valence-electron chi connectivity index (χ0n) is 10.2. The van der Waals surface area contributed by atoms with Crippen LogP contribution in [-0.4, -0.2) is 27.0 Å². The first-order chi connectivity index (χ1) is 8.61. The summed E-state index contributed by atoms with van der Waals surface area (Å²) in [4.78, 5) is 4.09. The second-order valence-corrected chi connectivity index (χ2v) is 4.34. The Morgan fingerprint density at radius 3 is 2.72 bits per heavy atom. The minimum atomic E-state index is -0.708. The van der Waals surface area contributed by atoms with Gasteiger partial charge in [-0.1, -0.05) is 17.7 Å². The number of ether oxygens (including phenoxy) is 1. The van der Waals surface area contributed by atoms with E-state index in [2.05, 4.69) is 10.1 Å². The molecule has 1 unspecified atom stereocenters. The van der Waals surface area contributed by atoms with Crippen molar-refractivity contribution in [2.75, 3.05) is 7.11 Å². The molecule has 2 heterocycles. The summed E-state index contributed by atoms with van der Waals surface area (Å²) in [7, 11) is 3.31. The SMILES string of the molecule is COc1ccc(CC(O)c2c(Cl)cnn2C)cn1. The Hall–Kier alpha value is -1.59. The number of aliphatic hydroxyl groups excluding tert-OH is 1. The van der Waals surface area contributed by atoms with Gasteiger partial charge >= 0.3 is 0 Å². The first-order valence-electron chi connectivity index (χ1n) is 5.46. The fourth-order valence-corrected chi connectivity index (χ4v) is 2.06. The van der Waals surface area contributed by atoms with Crippen molar-refractivity contribution in [3.8, 4) is 5.88 Å². The molecule has 5 nitrogen and oxygen atoms in total. The van der Waals surface area contributed by atoms with Gasteiger partial charge in [0.05, 0.1) is 24.0 Å². The maximum atomic E-state index is 10.1. The number of aromatic nitrogens is 3. The van der Waals surface area contributed by atoms with Crippen molar-refractivity contribution in [3.63, 3.8) is 0 Å². The zero-order valence-corrected chi connectivity index (χ0v) is 10.9. The van der Waals surface area contributed by atoms with Crippen molar-refractivity contribution in [2.24, 2.45) is 7.05 Å². The molecule has 2 rings (SSSR count). The molecule has 2 aromatic rings. The van der Waals surface area contributed by atoms with Crippen molar-refractivity contribution in [1.82, 2.24) is 14.8 Å². The van der Waals surface area contributed by atoms with E-state index in [9.17, 15) is 5.11 Å². The summed E-state index contributed by atoms with van der Waals surface area (Å²) in [5, 5.41) is 14.6. The van der Waals surface area contributed by atoms with E-state index >= 15 is 0 Å². The average molecular weight is 268 g/mol. The summed E-state index contributed by atoms with van der Waals surface area (Å²) in [6.07, 6.45) is 2.91. The number of pyridine rings is 1. The predicted molar refractivity (Wildman–Crippen MR) is 67.7 cm³/mol. The Bertz CT molecular complexity index is 505. The maximum Gasteiger partial charge on any atom is 0.212 e. The third kappa shape index (κ3) is 2.63. The highest BCUT2D eigenvalue weighted by atomic mass is 35.5. The van der Waals surface area contributed by atoms with E-state index in [4.69, 9.17) is 16.3 Å². The molecular formula is C12H14ClN3O2. The zero-order chi connectivity index (χ0) is 13.1. The van der Waals surface area contributed by atoms with E-state index in [1.54, 1.807) is 31.1 Å². The lowest BCUT2D eigenvalue weighted by atomic mass is 10.1. The molecule has 0 radical (unpaired) electrons. The summed E-state index contributed by atoms with van der Waals surface area (Å²) >= 11 is 5.97. The Morgan fingerprint density at radius 1 is 1.44 bits per heavy atom. The van der Waals surface area contributed by atoms with Gasteiger partial charge in [0.15, 0.2) is 0 Å². The number of nitrogens with zero attached hydrogens (tertiary/aromatic N) is 3. The number of aliphatic hydroxyl groups is 1. The highest BCUT2D eigenvalue weighted by molar-refractivity contribution is 6.31. The molecule has 0 aliphatic heterocycles. The molecule has 0 aliphatic carbocycles. The van der Waals surface area contributed by atoms with E-state index in [-0.39, 0.29) is 0 Å². The first-order valence-corrected chi connectivity index (χ1v) is 5.84. The first kappa shape index (κ1) is 12.9. The smallest absolute Gasteiger partial charge is 0.212 e. The Labute approximate surface area is 110 Å². The number of methoxy groups -OCH3 is 1. The molecule has 1 atom stereocenters. The second-order valence-electron chi connectivity index (χ2n) is 3.93. The minimum absolute atomic E-state index is 0.427. The maximum absolute atomic E-state index is 10.1. The topological polar surface area (TPSA) is 60.2 Å². The van der Waals surface area contributed by atoms with Gasteiger partial charge in [-0.3, -0.25) is 4.68 Å². The molecule has 0 aliphatic rings. The van der Waals surface area contributed by atoms with E-state index in [1.807, 2.05) is 6.07 Å². The fraction of sp³-hybridized carbons (Fsp3) is 0.333. The number of hydrogen-bond acceptors (Lipinski definition) is 4. The van der Waals surface area contributed by atoms with Crippen LogP contribution >= 0.6 is 11.6 Å². The minimum Gasteiger partial charge on any atom is -0.481 e. The highest BCUT2D eigenvalue weighted by Crippen LogP contribution is 2.25. The standard InChI is InChI=1S/C12H14ClN3O2/c1-16-12(9(13)7-15-16)10(17)5-8-3-4-11(18-2)14-6-8/h3-4,6-7,10,17H,5H2,1-2H3. The Balaban J connectivity index is 2.13. The molecule has 96 valence electrons. The summed E-state index contributed by atoms with van der Waals surface area (Å²) in [5.74, 6) is 0.548. The lowest BCUT2D eigenvalue weighted by Gasteiger charge is -2.11. The van der Waals surface area contributed by atoms with Gasteiger partial charge in [0, 0.05) is 25.7 Å². The quantitative estimate of drug-likeness (QED) is 0.917. The van der Waals surface area contributed by atoms with Crippen LogP contribution in [0.2, 0.25) is 5.02 Å². The molecule has 0 spiro atoms. The van der Waals surface area contributed by atoms with Gasteiger partial charge in [-0.2, -0.15) is 5.10 Å². The van der Waals surface area contributed by atoms with E-state index in [0.29, 0.717) is 23.0 Å². The van der Waals surface area contributed by atoms with Crippen molar-refractivity contribution in [2.45, 2.75) is 12.5 Å². The van der Waals surface area contributed by atoms with Crippen molar-refractivity contribution in [3.05, 3.63) is 40.8 Å². The second kappa shape index (κ2) is 5.37. The number of halogens is 1. The summed E-state index contributed by atoms with van der Waals surface area (Å²) < 4.78 is 6.55. The van der Waals surface area contributed by atoms with E-state index < -0.39 is 6.10 Å². The van der Waals surface area contributed by atoms with Gasteiger partial charge in [0.25, 0.3) is 0 Å². The molecule has 0 saturated heterocycles. The number of hydrogen-bond donors (Lipinski definition) is 1. The Morgan fingerprint density at radius 2 is 2.22 bits per heavy atom. The molecule has 2 aromatic heterocycles. The number of rotatable bonds is 4. The van der Waals surface area contributed by atoms with Crippen molar-refractivity contribution < 1.29 is 9.84 Å². The largest absolute Gasteiger partial charge is 0.481 e. The fourth-order valence-electron chi connectivity index (χ4n) is 1.77. The average Bonchev–Trinajstić information content (AvgIpc) is 2.70. The molecule has 0 bridgehead atoms. The molecule has 18 heavy (non-hydrogen) atoms. The van der Waals surface area contributed by atoms with Crippen molar-refractivity contribution >= 4 is 11.6 Å². The molecule has 6 heteroatoms. The van der Waals surface area contributed by atoms with Gasteiger partial charge in [-0.05, 0) is 5.56 Å². The third-order valence-corrected chi connectivity index (χ3v) is 2.98. The van der Waals surface area contributed by atoms with Gasteiger partial charge in [0.2, 0.25) is 5.88 Å². The van der Waals surface area contributed by atoms with E-state index in [0.717, 1.165) is 5.56 Å². The van der Waals surface area contributed by atoms with Crippen LogP contribution in [0, 0.1) is 0 Å². The lowest BCUT2D eigenvalue weighted by Crippen LogP contribution is -2.08. The van der Waals surface area contributed by atoms with Crippen molar-refractivity contribution in [1.29, 1.82) is 0 Å². The lowest BCUT2D eigenvalue weighted by molar-refractivity contribution is 0.168. The van der Waals surface area contributed by atoms with Crippen LogP contribution in [0.15, 0.2) is 24.5 Å². The molecule has 1 N–H and O–H groups in total. The molecule has 0 amide bonds. The molecular weight excluding hydrogens is 254 g/mol. The van der Waals surface area contributed by atoms with Gasteiger partial charge in [0.1, 0.15) is 6.10 Å². The monoisotopic (exact) mass is 267 g/mol. The van der Waals surface area contributed by atoms with Crippen LogP contribution in [0.25, 0.3) is 0 Å². The normalized spacial score (nSPS) is 12.4. The molecule has 0 saturated carbocycles. The molecule has 0 aromatic carbocycles. The van der Waals surface area contributed by atoms with Crippen LogP contribution in [-0.2, 0) is 13.5 Å². The summed E-state index contributed by atoms with van der Waals surface area (Å²) in [6.45, 7) is 0. The van der Waals surface area contributed by atoms with Crippen LogP contribution in [0.4, 0.5) is 0 Å². The summed E-state index contributed by atoms with van der Waals surface area (Å²) in [5.41, 5.74) is 1.51. The van der Waals surface area contributed by atoms with Gasteiger partial charge < -0.3 is 9.84 Å². The third-order valence-electron chi connectivity index (χ3n) is 2.69. The summed E-state index contributed by atoms with van der Waals surface area (Å²) in [6, 6.07) is 3.62. The van der Waals surface area contributed by atoms with Gasteiger partial charge in [-0.15, -0.1) is 0 Å². The van der Waals surface area contributed by atoms with Crippen LogP contribution in [0.1, 0.15) is 17.4 Å². The highest BCUT2D eigenvalue weighted by Gasteiger charge is 2.17. The number of aryl methyl sites for hydroxylation is 1. The van der Waals surface area contributed by atoms with Crippen LogP contribution in [0.3, 0.4) is 0 Å². The van der Waals surface area contributed by atoms with Crippen LogP contribution in [0.5, 0.6) is 5.88 Å².